The van der Waals surface area contributed by atoms with E-state index in [1.807, 2.05) is 37.4 Å². The number of hydrogen-bond acceptors (Lipinski definition) is 3. The molecule has 1 aromatic heterocycles. The van der Waals surface area contributed by atoms with Crippen molar-refractivity contribution in [2.45, 2.75) is 18.4 Å². The van der Waals surface area contributed by atoms with Gasteiger partial charge in [0.15, 0.2) is 0 Å². The van der Waals surface area contributed by atoms with Crippen LogP contribution in [-0.2, 0) is 7.05 Å². The van der Waals surface area contributed by atoms with Gasteiger partial charge in [-0.3, -0.25) is 4.68 Å². The number of hydrogen-bond donors (Lipinski definition) is 1. The van der Waals surface area contributed by atoms with Crippen LogP contribution in [0, 0.1) is 0 Å². The maximum Gasteiger partial charge on any atom is 0.122 e. The van der Waals surface area contributed by atoms with Crippen molar-refractivity contribution in [1.29, 1.82) is 0 Å². The van der Waals surface area contributed by atoms with E-state index in [4.69, 9.17) is 4.74 Å². The highest BCUT2D eigenvalue weighted by Crippen LogP contribution is 2.40. The first-order chi connectivity index (χ1) is 8.77. The van der Waals surface area contributed by atoms with E-state index in [0.717, 1.165) is 23.4 Å². The molecule has 18 heavy (non-hydrogen) atoms. The van der Waals surface area contributed by atoms with Gasteiger partial charge in [0.2, 0.25) is 0 Å². The van der Waals surface area contributed by atoms with Crippen molar-refractivity contribution in [3.8, 4) is 5.75 Å². The number of benzene rings is 1. The van der Waals surface area contributed by atoms with Gasteiger partial charge in [0, 0.05) is 24.7 Å². The summed E-state index contributed by atoms with van der Waals surface area (Å²) in [6.45, 7) is 0.649. The van der Waals surface area contributed by atoms with Crippen molar-refractivity contribution in [2.75, 3.05) is 6.61 Å². The summed E-state index contributed by atoms with van der Waals surface area (Å²) in [5.41, 5.74) is 1.93. The molecule has 2 aromatic rings. The number of ether oxygens (including phenoxy) is 1. The van der Waals surface area contributed by atoms with Crippen molar-refractivity contribution >= 4 is 0 Å². The predicted molar refractivity (Wildman–Crippen MR) is 67.5 cm³/mol. The Balaban J connectivity index is 1.97. The Hall–Kier alpha value is -1.81. The first-order valence-electron chi connectivity index (χ1n) is 6.15. The number of nitrogens with zero attached hydrogens (tertiary/aromatic N) is 2. The number of rotatable bonds is 2. The molecule has 2 unspecified atom stereocenters. The Morgan fingerprint density at radius 3 is 3.00 bits per heavy atom. The lowest BCUT2D eigenvalue weighted by atomic mass is 9.87. The molecule has 0 saturated carbocycles. The minimum atomic E-state index is -0.539. The van der Waals surface area contributed by atoms with Gasteiger partial charge in [0.1, 0.15) is 11.9 Å². The second-order valence-electron chi connectivity index (χ2n) is 4.61. The predicted octanol–water partition coefficient (Wildman–Crippen LogP) is 2.02. The zero-order chi connectivity index (χ0) is 12.5. The first-order valence-corrected chi connectivity index (χ1v) is 6.15. The van der Waals surface area contributed by atoms with Gasteiger partial charge in [0.25, 0.3) is 0 Å². The molecule has 0 saturated heterocycles. The molecule has 3 rings (SSSR count). The van der Waals surface area contributed by atoms with E-state index in [-0.39, 0.29) is 5.92 Å². The fourth-order valence-electron chi connectivity index (χ4n) is 2.58. The maximum atomic E-state index is 10.5. The molecule has 0 spiro atoms. The average molecular weight is 244 g/mol. The topological polar surface area (TPSA) is 47.3 Å². The molecule has 1 aliphatic heterocycles. The molecule has 2 heterocycles. The van der Waals surface area contributed by atoms with E-state index >= 15 is 0 Å². The fourth-order valence-corrected chi connectivity index (χ4v) is 2.58. The summed E-state index contributed by atoms with van der Waals surface area (Å²) in [7, 11) is 1.85. The molecular formula is C14H16N2O2. The lowest BCUT2D eigenvalue weighted by Gasteiger charge is -2.29. The van der Waals surface area contributed by atoms with E-state index in [1.165, 1.54) is 0 Å². The van der Waals surface area contributed by atoms with Crippen LogP contribution in [0.1, 0.15) is 29.7 Å². The van der Waals surface area contributed by atoms with Crippen LogP contribution in [0.25, 0.3) is 0 Å². The Morgan fingerprint density at radius 2 is 2.22 bits per heavy atom. The zero-order valence-electron chi connectivity index (χ0n) is 10.3. The van der Waals surface area contributed by atoms with E-state index in [1.54, 1.807) is 10.9 Å². The lowest BCUT2D eigenvalue weighted by Crippen LogP contribution is -2.21. The SMILES string of the molecule is Cn1nccc1C(O)C1CCOc2ccccc21. The van der Waals surface area contributed by atoms with Crippen molar-refractivity contribution < 1.29 is 9.84 Å². The summed E-state index contributed by atoms with van der Waals surface area (Å²) in [6.07, 6.45) is 2.00. The quantitative estimate of drug-likeness (QED) is 0.879. The Labute approximate surface area is 106 Å². The maximum absolute atomic E-state index is 10.5. The van der Waals surface area contributed by atoms with Crippen molar-refractivity contribution in [3.05, 3.63) is 47.8 Å². The standard InChI is InChI=1S/C14H16N2O2/c1-16-12(6-8-15-16)14(17)11-7-9-18-13-5-3-2-4-10(11)13/h2-6,8,11,14,17H,7,9H2,1H3. The highest BCUT2D eigenvalue weighted by Gasteiger charge is 2.29. The molecular weight excluding hydrogens is 228 g/mol. The van der Waals surface area contributed by atoms with E-state index in [9.17, 15) is 5.11 Å². The van der Waals surface area contributed by atoms with Gasteiger partial charge in [-0.05, 0) is 18.6 Å². The Morgan fingerprint density at radius 1 is 1.39 bits per heavy atom. The third-order valence-electron chi connectivity index (χ3n) is 3.55. The van der Waals surface area contributed by atoms with Crippen LogP contribution in [0.2, 0.25) is 0 Å². The Bertz CT molecular complexity index is 550. The molecule has 1 aliphatic rings. The summed E-state index contributed by atoms with van der Waals surface area (Å²) in [6, 6.07) is 9.78. The summed E-state index contributed by atoms with van der Waals surface area (Å²) in [5.74, 6) is 0.959. The van der Waals surface area contributed by atoms with E-state index in [2.05, 4.69) is 5.10 Å². The number of aliphatic hydroxyl groups is 1. The highest BCUT2D eigenvalue weighted by atomic mass is 16.5. The fraction of sp³-hybridized carbons (Fsp3) is 0.357. The van der Waals surface area contributed by atoms with Crippen molar-refractivity contribution in [1.82, 2.24) is 9.78 Å². The normalized spacial score (nSPS) is 20.0. The smallest absolute Gasteiger partial charge is 0.122 e. The van der Waals surface area contributed by atoms with Crippen LogP contribution < -0.4 is 4.74 Å². The van der Waals surface area contributed by atoms with E-state index < -0.39 is 6.10 Å². The molecule has 94 valence electrons. The first kappa shape index (κ1) is 11.3. The van der Waals surface area contributed by atoms with Crippen molar-refractivity contribution in [2.24, 2.45) is 7.05 Å². The number of para-hydroxylation sites is 1. The number of aromatic nitrogens is 2. The van der Waals surface area contributed by atoms with Crippen molar-refractivity contribution in [3.63, 3.8) is 0 Å². The third-order valence-corrected chi connectivity index (χ3v) is 3.55. The summed E-state index contributed by atoms with van der Waals surface area (Å²) in [5, 5.41) is 14.7. The molecule has 0 radical (unpaired) electrons. The second kappa shape index (κ2) is 4.46. The molecule has 0 bridgehead atoms. The van der Waals surface area contributed by atoms with E-state index in [0.29, 0.717) is 6.61 Å². The summed E-state index contributed by atoms with van der Waals surface area (Å²) in [4.78, 5) is 0. The Kier molecular flexibility index (Phi) is 2.80. The van der Waals surface area contributed by atoms with Gasteiger partial charge >= 0.3 is 0 Å². The van der Waals surface area contributed by atoms with Gasteiger partial charge in [0.05, 0.1) is 12.3 Å². The van der Waals surface area contributed by atoms with Crippen LogP contribution in [0.3, 0.4) is 0 Å². The largest absolute Gasteiger partial charge is 0.493 e. The van der Waals surface area contributed by atoms with Crippen LogP contribution in [0.4, 0.5) is 0 Å². The molecule has 1 aromatic carbocycles. The molecule has 0 fully saturated rings. The van der Waals surface area contributed by atoms with Gasteiger partial charge in [-0.15, -0.1) is 0 Å². The monoisotopic (exact) mass is 244 g/mol. The van der Waals surface area contributed by atoms with Gasteiger partial charge in [-0.1, -0.05) is 18.2 Å². The summed E-state index contributed by atoms with van der Waals surface area (Å²) < 4.78 is 7.34. The van der Waals surface area contributed by atoms with Crippen LogP contribution in [0.15, 0.2) is 36.5 Å². The minimum Gasteiger partial charge on any atom is -0.493 e. The molecule has 1 N–H and O–H groups in total. The van der Waals surface area contributed by atoms with Crippen LogP contribution >= 0.6 is 0 Å². The number of aliphatic hydroxyl groups excluding tert-OH is 1. The molecule has 4 heteroatoms. The minimum absolute atomic E-state index is 0.0744. The molecule has 2 atom stereocenters. The van der Waals surface area contributed by atoms with Crippen LogP contribution in [-0.4, -0.2) is 21.5 Å². The second-order valence-corrected chi connectivity index (χ2v) is 4.61. The average Bonchev–Trinajstić information content (AvgIpc) is 2.83. The molecule has 0 aliphatic carbocycles. The summed E-state index contributed by atoms with van der Waals surface area (Å²) >= 11 is 0. The number of aryl methyl sites for hydroxylation is 1. The van der Waals surface area contributed by atoms with Gasteiger partial charge in [-0.25, -0.2) is 0 Å². The lowest BCUT2D eigenvalue weighted by molar-refractivity contribution is 0.110. The van der Waals surface area contributed by atoms with Gasteiger partial charge < -0.3 is 9.84 Å². The molecule has 0 amide bonds. The highest BCUT2D eigenvalue weighted by molar-refractivity contribution is 5.39. The van der Waals surface area contributed by atoms with Crippen LogP contribution in [0.5, 0.6) is 5.75 Å². The molecule has 4 nitrogen and oxygen atoms in total. The van der Waals surface area contributed by atoms with Gasteiger partial charge in [-0.2, -0.15) is 5.10 Å². The number of fused-ring (bicyclic) bond motifs is 1. The third kappa shape index (κ3) is 1.78. The zero-order valence-corrected chi connectivity index (χ0v) is 10.3.